The fraction of sp³-hybridized carbons (Fsp3) is 0.529. The molecule has 0 spiro atoms. The first-order chi connectivity index (χ1) is 13.8. The summed E-state index contributed by atoms with van der Waals surface area (Å²) in [6.07, 6.45) is -0.633. The second-order valence-electron chi connectivity index (χ2n) is 6.75. The quantitative estimate of drug-likeness (QED) is 0.399. The number of fused-ring (bicyclic) bond motifs is 1. The van der Waals surface area contributed by atoms with Gasteiger partial charge >= 0.3 is 12.1 Å². The van der Waals surface area contributed by atoms with E-state index < -0.39 is 34.5 Å². The van der Waals surface area contributed by atoms with E-state index in [2.05, 4.69) is 10.6 Å². The average molecular weight is 444 g/mol. The second-order valence-corrected chi connectivity index (χ2v) is 8.85. The zero-order valence-corrected chi connectivity index (χ0v) is 17.4. The molecule has 2 fully saturated rings. The number of carboxylic acid groups (broad SMARTS) is 1. The van der Waals surface area contributed by atoms with Gasteiger partial charge < -0.3 is 30.1 Å². The molecule has 29 heavy (non-hydrogen) atoms. The molecule has 0 saturated carbocycles. The zero-order valence-electron chi connectivity index (χ0n) is 15.8. The summed E-state index contributed by atoms with van der Waals surface area (Å²) in [4.78, 5) is 50.7. The van der Waals surface area contributed by atoms with Gasteiger partial charge in [0, 0.05) is 31.3 Å². The Bertz CT molecular complexity index is 818. The zero-order chi connectivity index (χ0) is 21.2. The first-order valence-electron chi connectivity index (χ1n) is 8.67. The van der Waals surface area contributed by atoms with Crippen molar-refractivity contribution in [1.82, 2.24) is 15.5 Å². The highest BCUT2D eigenvalue weighted by molar-refractivity contribution is 8.00. The number of ether oxygens (including phenoxy) is 2. The van der Waals surface area contributed by atoms with Crippen LogP contribution in [-0.4, -0.2) is 78.0 Å². The molecule has 3 heterocycles. The monoisotopic (exact) mass is 443 g/mol. The molecular weight excluding hydrogens is 422 g/mol. The van der Waals surface area contributed by atoms with Crippen molar-refractivity contribution in [2.45, 2.75) is 17.5 Å². The minimum absolute atomic E-state index is 0.0830. The SMILES string of the molecule is CNC(=O)OCC1(C(=O)O)CS[C@H]2N(C1)C(=O)C2(NC(=O)Cc1cccs1)OC. The van der Waals surface area contributed by atoms with Gasteiger partial charge in [-0.05, 0) is 11.4 Å². The first-order valence-corrected chi connectivity index (χ1v) is 10.6. The molecule has 3 rings (SSSR count). The minimum Gasteiger partial charge on any atom is -0.481 e. The van der Waals surface area contributed by atoms with Crippen LogP contribution in [0.2, 0.25) is 0 Å². The Morgan fingerprint density at radius 1 is 1.41 bits per heavy atom. The molecule has 1 aromatic heterocycles. The van der Waals surface area contributed by atoms with Crippen molar-refractivity contribution < 1.29 is 33.8 Å². The number of amides is 3. The normalized spacial score (nSPS) is 28.1. The van der Waals surface area contributed by atoms with Gasteiger partial charge in [-0.2, -0.15) is 0 Å². The van der Waals surface area contributed by atoms with Crippen LogP contribution in [0.25, 0.3) is 0 Å². The number of aliphatic carboxylic acids is 1. The third-order valence-corrected chi connectivity index (χ3v) is 7.40. The van der Waals surface area contributed by atoms with Crippen LogP contribution in [0.1, 0.15) is 4.88 Å². The van der Waals surface area contributed by atoms with Crippen LogP contribution in [0.4, 0.5) is 4.79 Å². The maximum absolute atomic E-state index is 12.9. The van der Waals surface area contributed by atoms with Crippen LogP contribution >= 0.6 is 23.1 Å². The smallest absolute Gasteiger partial charge is 0.406 e. The third-order valence-electron chi connectivity index (χ3n) is 4.90. The van der Waals surface area contributed by atoms with Crippen molar-refractivity contribution in [1.29, 1.82) is 0 Å². The van der Waals surface area contributed by atoms with Crippen LogP contribution in [0, 0.1) is 5.41 Å². The van der Waals surface area contributed by atoms with Gasteiger partial charge in [0.25, 0.3) is 11.6 Å². The molecule has 158 valence electrons. The van der Waals surface area contributed by atoms with Crippen LogP contribution in [0.15, 0.2) is 17.5 Å². The van der Waals surface area contributed by atoms with Gasteiger partial charge in [-0.1, -0.05) is 6.07 Å². The van der Waals surface area contributed by atoms with Crippen molar-refractivity contribution in [2.24, 2.45) is 5.41 Å². The standard InChI is InChI=1S/C17H21N3O7S2/c1-18-15(25)27-8-16(14(23)24)7-20-12(22)17(26-2,13(20)29-9-16)19-11(21)6-10-4-3-5-28-10/h3-5,13H,6-9H2,1-2H3,(H,18,25)(H,19,21)(H,23,24)/t13-,16?,17?/m1/s1. The number of alkyl carbamates (subject to hydrolysis) is 1. The molecule has 0 aliphatic carbocycles. The van der Waals surface area contributed by atoms with Gasteiger partial charge in [0.1, 0.15) is 17.4 Å². The molecular formula is C17H21N3O7S2. The van der Waals surface area contributed by atoms with Crippen molar-refractivity contribution in [3.63, 3.8) is 0 Å². The number of nitrogens with zero attached hydrogens (tertiary/aromatic N) is 1. The van der Waals surface area contributed by atoms with Crippen LogP contribution < -0.4 is 10.6 Å². The maximum Gasteiger partial charge on any atom is 0.406 e. The molecule has 2 aliphatic heterocycles. The third kappa shape index (κ3) is 3.79. The van der Waals surface area contributed by atoms with Crippen molar-refractivity contribution in [3.8, 4) is 0 Å². The summed E-state index contributed by atoms with van der Waals surface area (Å²) < 4.78 is 10.4. The largest absolute Gasteiger partial charge is 0.481 e. The summed E-state index contributed by atoms with van der Waals surface area (Å²) in [5.74, 6) is -1.97. The highest BCUT2D eigenvalue weighted by atomic mass is 32.2. The summed E-state index contributed by atoms with van der Waals surface area (Å²) in [5.41, 5.74) is -2.98. The van der Waals surface area contributed by atoms with Crippen LogP contribution in [-0.2, 0) is 30.3 Å². The van der Waals surface area contributed by atoms with Crippen molar-refractivity contribution in [3.05, 3.63) is 22.4 Å². The van der Waals surface area contributed by atoms with Gasteiger partial charge in [-0.15, -0.1) is 23.1 Å². The van der Waals surface area contributed by atoms with Gasteiger partial charge in [-0.3, -0.25) is 14.4 Å². The fourth-order valence-electron chi connectivity index (χ4n) is 3.28. The van der Waals surface area contributed by atoms with Crippen molar-refractivity contribution in [2.75, 3.05) is 33.1 Å². The topological polar surface area (TPSA) is 134 Å². The molecule has 2 aliphatic rings. The van der Waals surface area contributed by atoms with Gasteiger partial charge in [0.15, 0.2) is 0 Å². The van der Waals surface area contributed by atoms with Crippen LogP contribution in [0.5, 0.6) is 0 Å². The Kier molecular flexibility index (Phi) is 6.05. The summed E-state index contributed by atoms with van der Waals surface area (Å²) >= 11 is 2.60. The van der Waals surface area contributed by atoms with Gasteiger partial charge in [-0.25, -0.2) is 4.79 Å². The van der Waals surface area contributed by atoms with E-state index in [1.165, 1.54) is 42.2 Å². The average Bonchev–Trinajstić information content (AvgIpc) is 3.22. The molecule has 1 aromatic rings. The van der Waals surface area contributed by atoms with Gasteiger partial charge in [0.05, 0.1) is 6.42 Å². The number of thiophene rings is 1. The molecule has 3 amide bonds. The molecule has 3 N–H and O–H groups in total. The number of methoxy groups -OCH3 is 1. The maximum atomic E-state index is 12.9. The van der Waals surface area contributed by atoms with E-state index in [4.69, 9.17) is 9.47 Å². The number of rotatable bonds is 7. The lowest BCUT2D eigenvalue weighted by atomic mass is 9.87. The minimum atomic E-state index is -1.54. The summed E-state index contributed by atoms with van der Waals surface area (Å²) in [7, 11) is 2.70. The van der Waals surface area contributed by atoms with E-state index in [1.807, 2.05) is 17.5 Å². The molecule has 2 saturated heterocycles. The highest BCUT2D eigenvalue weighted by Crippen LogP contribution is 2.47. The van der Waals surface area contributed by atoms with E-state index in [9.17, 15) is 24.3 Å². The molecule has 0 radical (unpaired) electrons. The van der Waals surface area contributed by atoms with Crippen molar-refractivity contribution >= 4 is 47.0 Å². The molecule has 3 atom stereocenters. The predicted molar refractivity (Wildman–Crippen MR) is 104 cm³/mol. The predicted octanol–water partition coefficient (Wildman–Crippen LogP) is 0.0916. The second kappa shape index (κ2) is 8.20. The number of carboxylic acids is 1. The molecule has 0 bridgehead atoms. The van der Waals surface area contributed by atoms with E-state index in [0.717, 1.165) is 4.88 Å². The number of β-lactam (4-membered cyclic amide) rings is 1. The Labute approximate surface area is 174 Å². The number of hydrogen-bond donors (Lipinski definition) is 3. The molecule has 0 aromatic carbocycles. The van der Waals surface area contributed by atoms with E-state index in [0.29, 0.717) is 0 Å². The molecule has 10 nitrogen and oxygen atoms in total. The Hall–Kier alpha value is -2.31. The lowest BCUT2D eigenvalue weighted by molar-refractivity contribution is -0.201. The number of nitrogens with one attached hydrogen (secondary N) is 2. The number of thioether (sulfide) groups is 1. The molecule has 12 heteroatoms. The fourth-order valence-corrected chi connectivity index (χ4v) is 5.60. The lowest BCUT2D eigenvalue weighted by Crippen LogP contribution is -2.82. The Morgan fingerprint density at radius 2 is 2.17 bits per heavy atom. The van der Waals surface area contributed by atoms with Gasteiger partial charge in [0.2, 0.25) is 5.91 Å². The summed E-state index contributed by atoms with van der Waals surface area (Å²) in [5, 5.41) is 15.9. The van der Waals surface area contributed by atoms with Crippen LogP contribution in [0.3, 0.4) is 0 Å². The Morgan fingerprint density at radius 3 is 2.76 bits per heavy atom. The molecule has 2 unspecified atom stereocenters. The Balaban J connectivity index is 1.71. The number of carbonyl (C=O) groups is 4. The number of hydrogen-bond acceptors (Lipinski definition) is 8. The lowest BCUT2D eigenvalue weighted by Gasteiger charge is -2.58. The first kappa shape index (κ1) is 21.4. The van der Waals surface area contributed by atoms with E-state index in [1.54, 1.807) is 0 Å². The van der Waals surface area contributed by atoms with E-state index in [-0.39, 0.29) is 31.2 Å². The summed E-state index contributed by atoms with van der Waals surface area (Å²) in [6, 6.07) is 3.65. The highest BCUT2D eigenvalue weighted by Gasteiger charge is 2.67. The van der Waals surface area contributed by atoms with E-state index >= 15 is 0 Å². The number of carbonyl (C=O) groups excluding carboxylic acids is 3. The summed E-state index contributed by atoms with van der Waals surface area (Å²) in [6.45, 7) is -0.530.